The second kappa shape index (κ2) is 10.3. The smallest absolute Gasteiger partial charge is 0.408 e. The fourth-order valence-corrected chi connectivity index (χ4v) is 6.53. The Kier molecular flexibility index (Phi) is 7.34. The molecule has 0 saturated carbocycles. The van der Waals surface area contributed by atoms with E-state index in [9.17, 15) is 20.4 Å². The largest absolute Gasteiger partial charge is 0.465 e. The maximum absolute atomic E-state index is 12.9. The van der Waals surface area contributed by atoms with Gasteiger partial charge in [-0.3, -0.25) is 4.90 Å². The predicted molar refractivity (Wildman–Crippen MR) is 150 cm³/mol. The van der Waals surface area contributed by atoms with Gasteiger partial charge in [0.2, 0.25) is 0 Å². The summed E-state index contributed by atoms with van der Waals surface area (Å²) in [6.07, 6.45) is 8.26. The first kappa shape index (κ1) is 27.0. The number of hydrogen-bond donors (Lipinski definition) is 1. The molecule has 2 bridgehead atoms. The molecule has 1 fully saturated rings. The van der Waals surface area contributed by atoms with Crippen LogP contribution in [0.25, 0.3) is 6.08 Å². The Morgan fingerprint density at radius 1 is 1.13 bits per heavy atom. The number of carboxylic acid groups (broad SMARTS) is 1. The molecular formula is C33H35N3O2. The molecule has 0 aromatic heterocycles. The van der Waals surface area contributed by atoms with Gasteiger partial charge in [-0.1, -0.05) is 106 Å². The van der Waals surface area contributed by atoms with E-state index in [-0.39, 0.29) is 18.4 Å². The first-order valence-electron chi connectivity index (χ1n) is 13.1. The monoisotopic (exact) mass is 505 g/mol. The van der Waals surface area contributed by atoms with Crippen molar-refractivity contribution in [3.8, 4) is 12.1 Å². The van der Waals surface area contributed by atoms with Crippen molar-refractivity contribution in [2.45, 2.75) is 57.5 Å². The van der Waals surface area contributed by atoms with E-state index in [1.165, 1.54) is 0 Å². The number of rotatable bonds is 7. The lowest BCUT2D eigenvalue weighted by Gasteiger charge is -2.53. The van der Waals surface area contributed by atoms with Crippen LogP contribution < -0.4 is 0 Å². The number of amides is 1. The van der Waals surface area contributed by atoms with Gasteiger partial charge < -0.3 is 5.11 Å². The van der Waals surface area contributed by atoms with Crippen LogP contribution >= 0.6 is 0 Å². The second-order valence-corrected chi connectivity index (χ2v) is 11.4. The first-order valence-corrected chi connectivity index (χ1v) is 13.1. The maximum atomic E-state index is 12.9. The normalized spacial score (nSPS) is 23.8. The Hall–Kier alpha value is -4.09. The van der Waals surface area contributed by atoms with Crippen molar-refractivity contribution >= 4 is 12.2 Å². The molecule has 4 rings (SSSR count). The zero-order valence-corrected chi connectivity index (χ0v) is 22.3. The van der Waals surface area contributed by atoms with Crippen LogP contribution in [0.3, 0.4) is 0 Å². The summed E-state index contributed by atoms with van der Waals surface area (Å²) in [4.78, 5) is 14.5. The topological polar surface area (TPSA) is 88.1 Å². The van der Waals surface area contributed by atoms with Crippen LogP contribution in [0.1, 0.15) is 57.1 Å². The summed E-state index contributed by atoms with van der Waals surface area (Å²) >= 11 is 0. The van der Waals surface area contributed by atoms with Gasteiger partial charge in [0, 0.05) is 24.3 Å². The summed E-state index contributed by atoms with van der Waals surface area (Å²) in [6.45, 7) is 9.97. The van der Waals surface area contributed by atoms with E-state index in [2.05, 4.69) is 30.9 Å². The van der Waals surface area contributed by atoms with Gasteiger partial charge in [-0.2, -0.15) is 10.5 Å². The zero-order valence-electron chi connectivity index (χ0n) is 22.3. The summed E-state index contributed by atoms with van der Waals surface area (Å²) in [5.41, 5.74) is 0.0500. The Morgan fingerprint density at radius 2 is 1.74 bits per heavy atom. The number of nitrogens with zero attached hydrogens (tertiary/aromatic N) is 3. The first-order chi connectivity index (χ1) is 18.1. The molecule has 1 saturated heterocycles. The van der Waals surface area contributed by atoms with E-state index < -0.39 is 28.4 Å². The molecule has 2 aromatic carbocycles. The summed E-state index contributed by atoms with van der Waals surface area (Å²) in [5.74, 6) is -0.651. The third-order valence-electron chi connectivity index (χ3n) is 8.45. The van der Waals surface area contributed by atoms with Gasteiger partial charge in [0.05, 0.1) is 17.7 Å². The van der Waals surface area contributed by atoms with Crippen molar-refractivity contribution in [1.29, 1.82) is 10.5 Å². The quantitative estimate of drug-likeness (QED) is 0.393. The van der Waals surface area contributed by atoms with E-state index in [0.717, 1.165) is 11.1 Å². The molecule has 1 amide bonds. The molecule has 5 nitrogen and oxygen atoms in total. The molecule has 5 heteroatoms. The lowest BCUT2D eigenvalue weighted by Crippen LogP contribution is -2.61. The summed E-state index contributed by atoms with van der Waals surface area (Å²) < 4.78 is 0. The van der Waals surface area contributed by atoms with Gasteiger partial charge in [0.25, 0.3) is 0 Å². The van der Waals surface area contributed by atoms with Crippen LogP contribution in [0.15, 0.2) is 91.0 Å². The number of hydrogen-bond acceptors (Lipinski definition) is 3. The predicted octanol–water partition coefficient (Wildman–Crippen LogP) is 7.58. The average Bonchev–Trinajstić information content (AvgIpc) is 3.22. The summed E-state index contributed by atoms with van der Waals surface area (Å²) in [7, 11) is 0. The van der Waals surface area contributed by atoms with Crippen LogP contribution in [-0.2, 0) is 0 Å². The van der Waals surface area contributed by atoms with Crippen LogP contribution in [0.4, 0.5) is 4.79 Å². The second-order valence-electron chi connectivity index (χ2n) is 11.4. The van der Waals surface area contributed by atoms with E-state index in [1.807, 2.05) is 87.5 Å². The van der Waals surface area contributed by atoms with Crippen molar-refractivity contribution in [3.05, 3.63) is 102 Å². The van der Waals surface area contributed by atoms with Crippen molar-refractivity contribution in [2.75, 3.05) is 0 Å². The van der Waals surface area contributed by atoms with Crippen molar-refractivity contribution in [3.63, 3.8) is 0 Å². The minimum absolute atomic E-state index is 0.173. The van der Waals surface area contributed by atoms with Gasteiger partial charge in [-0.05, 0) is 35.0 Å². The highest BCUT2D eigenvalue weighted by Gasteiger charge is 2.62. The maximum Gasteiger partial charge on any atom is 0.408 e. The van der Waals surface area contributed by atoms with Crippen LogP contribution in [0.2, 0.25) is 0 Å². The van der Waals surface area contributed by atoms with Crippen LogP contribution in [-0.4, -0.2) is 27.7 Å². The Morgan fingerprint density at radius 3 is 2.26 bits per heavy atom. The molecule has 1 N–H and O–H groups in total. The molecule has 38 heavy (non-hydrogen) atoms. The van der Waals surface area contributed by atoms with Crippen molar-refractivity contribution < 1.29 is 9.90 Å². The highest BCUT2D eigenvalue weighted by molar-refractivity contribution is 5.70. The lowest BCUT2D eigenvalue weighted by atomic mass is 9.61. The molecule has 0 aliphatic carbocycles. The minimum Gasteiger partial charge on any atom is -0.465 e. The van der Waals surface area contributed by atoms with Crippen LogP contribution in [0.5, 0.6) is 0 Å². The number of allylic oxidation sites excluding steroid dienone is 2. The Balaban J connectivity index is 2.02. The third kappa shape index (κ3) is 4.44. The highest BCUT2D eigenvalue weighted by atomic mass is 16.4. The lowest BCUT2D eigenvalue weighted by molar-refractivity contribution is 0.0215. The Bertz CT molecular complexity index is 1310. The van der Waals surface area contributed by atoms with Crippen molar-refractivity contribution in [2.24, 2.45) is 16.7 Å². The van der Waals surface area contributed by atoms with Crippen LogP contribution in [0, 0.1) is 39.4 Å². The molecule has 2 aliphatic heterocycles. The molecule has 4 atom stereocenters. The van der Waals surface area contributed by atoms with Gasteiger partial charge >= 0.3 is 6.09 Å². The number of benzene rings is 2. The summed E-state index contributed by atoms with van der Waals surface area (Å²) in [5, 5.41) is 31.5. The molecule has 0 spiro atoms. The number of nitriles is 2. The van der Waals surface area contributed by atoms with E-state index in [4.69, 9.17) is 0 Å². The molecule has 2 heterocycles. The van der Waals surface area contributed by atoms with E-state index in [0.29, 0.717) is 18.4 Å². The molecule has 2 unspecified atom stereocenters. The SMILES string of the molecule is C=CCC(C#N)(C#N)C1=C[C@]2(C(C)(C)C)CC[C@H](C1C(/C=C/c1ccccc1)c1ccccc1)N2C(=O)O. The molecule has 194 valence electrons. The minimum atomic E-state index is -1.44. The summed E-state index contributed by atoms with van der Waals surface area (Å²) in [6, 6.07) is 24.2. The molecule has 0 radical (unpaired) electrons. The number of carbonyl (C=O) groups is 1. The number of fused-ring (bicyclic) bond motifs is 2. The zero-order chi connectivity index (χ0) is 27.6. The van der Waals surface area contributed by atoms with Gasteiger partial charge in [-0.25, -0.2) is 4.79 Å². The fraction of sp³-hybridized carbons (Fsp3) is 0.364. The highest BCUT2D eigenvalue weighted by Crippen LogP contribution is 2.59. The van der Waals surface area contributed by atoms with E-state index in [1.54, 1.807) is 11.0 Å². The van der Waals surface area contributed by atoms with Crippen molar-refractivity contribution in [1.82, 2.24) is 4.90 Å². The fourth-order valence-electron chi connectivity index (χ4n) is 6.53. The molecular weight excluding hydrogens is 470 g/mol. The average molecular weight is 506 g/mol. The van der Waals surface area contributed by atoms with E-state index >= 15 is 0 Å². The van der Waals surface area contributed by atoms with Gasteiger partial charge in [-0.15, -0.1) is 6.58 Å². The van der Waals surface area contributed by atoms with Gasteiger partial charge in [0.15, 0.2) is 5.41 Å². The Labute approximate surface area is 226 Å². The molecule has 2 aromatic rings. The standard InChI is InChI=1S/C33H35N3O2/c1-5-19-32(22-34,23-35)27-21-33(31(2,3)4)20-18-28(36(33)30(37)38)29(27)26(25-14-10-7-11-15-25)17-16-24-12-8-6-9-13-24/h5-17,21,26,28-29H,1,18-20H2,2-4H3,(H,37,38)/b17-16+/t26?,28-,29?,33+/m1/s1. The third-order valence-corrected chi connectivity index (χ3v) is 8.45. The molecule has 2 aliphatic rings. The van der Waals surface area contributed by atoms with Gasteiger partial charge in [0.1, 0.15) is 0 Å².